The van der Waals surface area contributed by atoms with Gasteiger partial charge in [-0.05, 0) is 13.0 Å². The van der Waals surface area contributed by atoms with Crippen LogP contribution in [0, 0.1) is 0 Å². The fourth-order valence-corrected chi connectivity index (χ4v) is 1.31. The van der Waals surface area contributed by atoms with E-state index in [1.165, 1.54) is 0 Å². The number of carbonyl (C=O) groups excluding carboxylic acids is 2. The van der Waals surface area contributed by atoms with E-state index in [1.54, 1.807) is 0 Å². The van der Waals surface area contributed by atoms with Crippen LogP contribution in [0.5, 0.6) is 0 Å². The fourth-order valence-electron chi connectivity index (χ4n) is 1.31. The highest BCUT2D eigenvalue weighted by atomic mass is 19.4. The summed E-state index contributed by atoms with van der Waals surface area (Å²) < 4.78 is 73.5. The Morgan fingerprint density at radius 1 is 1.26 bits per heavy atom. The molecule has 0 aliphatic carbocycles. The maximum atomic E-state index is 12.3. The van der Waals surface area contributed by atoms with Gasteiger partial charge in [-0.25, -0.2) is 5.43 Å². The second-order valence-corrected chi connectivity index (χ2v) is 4.38. The van der Waals surface area contributed by atoms with Crippen LogP contribution < -0.4 is 5.43 Å². The fraction of sp³-hybridized carbons (Fsp3) is 0.455. The molecule has 0 aliphatic rings. The summed E-state index contributed by atoms with van der Waals surface area (Å²) in [6.07, 6.45) is -9.80. The summed E-state index contributed by atoms with van der Waals surface area (Å²) in [6.45, 7) is 0.458. The molecule has 23 heavy (non-hydrogen) atoms. The topological polar surface area (TPSA) is 76.3 Å². The molecule has 0 bridgehead atoms. The molecule has 1 aromatic rings. The van der Waals surface area contributed by atoms with Crippen LogP contribution in [-0.2, 0) is 22.3 Å². The van der Waals surface area contributed by atoms with Gasteiger partial charge in [-0.2, -0.15) is 36.5 Å². The van der Waals surface area contributed by atoms with Gasteiger partial charge in [0.1, 0.15) is 6.54 Å². The molecule has 0 atom stereocenters. The van der Waals surface area contributed by atoms with Crippen molar-refractivity contribution >= 4 is 17.4 Å². The molecule has 0 saturated carbocycles. The van der Waals surface area contributed by atoms with Gasteiger partial charge >= 0.3 is 12.4 Å². The molecule has 0 radical (unpaired) electrons. The van der Waals surface area contributed by atoms with Crippen LogP contribution in [0.15, 0.2) is 17.4 Å². The summed E-state index contributed by atoms with van der Waals surface area (Å²) in [5, 5.41) is 6.37. The van der Waals surface area contributed by atoms with Crippen LogP contribution in [0.3, 0.4) is 0 Å². The van der Waals surface area contributed by atoms with Crippen molar-refractivity contribution < 1.29 is 35.9 Å². The van der Waals surface area contributed by atoms with Crippen molar-refractivity contribution in [3.05, 3.63) is 18.0 Å². The number of halogens is 6. The minimum atomic E-state index is -5.01. The molecule has 0 aromatic carbocycles. The molecule has 128 valence electrons. The molecule has 0 unspecified atom stereocenters. The van der Waals surface area contributed by atoms with Crippen molar-refractivity contribution in [3.8, 4) is 0 Å². The Morgan fingerprint density at radius 3 is 2.35 bits per heavy atom. The van der Waals surface area contributed by atoms with Crippen molar-refractivity contribution in [2.75, 3.05) is 0 Å². The largest absolute Gasteiger partial charge is 0.450 e. The van der Waals surface area contributed by atoms with E-state index in [9.17, 15) is 35.9 Å². The Morgan fingerprint density at radius 2 is 1.87 bits per heavy atom. The van der Waals surface area contributed by atoms with E-state index in [0.717, 1.165) is 13.1 Å². The maximum Gasteiger partial charge on any atom is 0.450 e. The van der Waals surface area contributed by atoms with E-state index in [4.69, 9.17) is 0 Å². The zero-order valence-electron chi connectivity index (χ0n) is 11.5. The zero-order valence-corrected chi connectivity index (χ0v) is 11.5. The number of aromatic nitrogens is 2. The highest BCUT2D eigenvalue weighted by Gasteiger charge is 2.38. The van der Waals surface area contributed by atoms with Gasteiger partial charge in [-0.15, -0.1) is 0 Å². The van der Waals surface area contributed by atoms with Crippen LogP contribution in [0.2, 0.25) is 0 Å². The summed E-state index contributed by atoms with van der Waals surface area (Å²) in [5.74, 6) is -2.95. The van der Waals surface area contributed by atoms with E-state index in [2.05, 4.69) is 10.2 Å². The predicted molar refractivity (Wildman–Crippen MR) is 64.2 cm³/mol. The Hall–Kier alpha value is -2.40. The molecule has 0 aliphatic heterocycles. The first-order chi connectivity index (χ1) is 10.4. The Bertz CT molecular complexity index is 617. The molecule has 1 N–H and O–H groups in total. The highest BCUT2D eigenvalue weighted by Crippen LogP contribution is 2.27. The van der Waals surface area contributed by atoms with Crippen LogP contribution in [0.25, 0.3) is 0 Å². The van der Waals surface area contributed by atoms with Crippen molar-refractivity contribution in [2.24, 2.45) is 5.10 Å². The van der Waals surface area contributed by atoms with Gasteiger partial charge in [0.05, 0.1) is 6.42 Å². The SMILES string of the molecule is C/C(CC(=O)C(F)(F)F)=N\NC(=O)Cn1ccc(C(F)(F)F)n1. The number of hydrogen-bond donors (Lipinski definition) is 1. The third kappa shape index (κ3) is 6.08. The van der Waals surface area contributed by atoms with Gasteiger partial charge in [0.15, 0.2) is 5.69 Å². The average Bonchev–Trinajstić information content (AvgIpc) is 2.83. The number of nitrogens with one attached hydrogen (secondary N) is 1. The Kier molecular flexibility index (Phi) is 5.51. The number of amides is 1. The van der Waals surface area contributed by atoms with E-state index >= 15 is 0 Å². The molecule has 6 nitrogen and oxygen atoms in total. The lowest BCUT2D eigenvalue weighted by Crippen LogP contribution is -2.27. The van der Waals surface area contributed by atoms with Gasteiger partial charge in [0, 0.05) is 11.9 Å². The van der Waals surface area contributed by atoms with E-state index in [0.29, 0.717) is 10.7 Å². The number of hydrogen-bond acceptors (Lipinski definition) is 4. The second-order valence-electron chi connectivity index (χ2n) is 4.38. The third-order valence-electron chi connectivity index (χ3n) is 2.34. The van der Waals surface area contributed by atoms with Crippen LogP contribution in [0.4, 0.5) is 26.3 Å². The summed E-state index contributed by atoms with van der Waals surface area (Å²) >= 11 is 0. The van der Waals surface area contributed by atoms with Gasteiger partial charge in [0.25, 0.3) is 5.91 Å². The first kappa shape index (κ1) is 18.6. The average molecular weight is 344 g/mol. The molecule has 0 saturated heterocycles. The van der Waals surface area contributed by atoms with Crippen molar-refractivity contribution in [2.45, 2.75) is 32.2 Å². The predicted octanol–water partition coefficient (Wildman–Crippen LogP) is 1.92. The van der Waals surface area contributed by atoms with Crippen molar-refractivity contribution in [1.82, 2.24) is 15.2 Å². The number of rotatable bonds is 5. The number of nitrogens with zero attached hydrogens (tertiary/aromatic N) is 3. The zero-order chi connectivity index (χ0) is 17.8. The third-order valence-corrected chi connectivity index (χ3v) is 2.34. The number of hydrazone groups is 1. The number of Topliss-reactive ketones (excluding diaryl/α,β-unsaturated/α-hetero) is 1. The Labute approximate surface area is 125 Å². The van der Waals surface area contributed by atoms with Gasteiger partial charge in [0.2, 0.25) is 5.78 Å². The minimum Gasteiger partial charge on any atom is -0.289 e. The monoisotopic (exact) mass is 344 g/mol. The quantitative estimate of drug-likeness (QED) is 0.504. The normalized spacial score (nSPS) is 13.1. The van der Waals surface area contributed by atoms with Crippen molar-refractivity contribution in [3.63, 3.8) is 0 Å². The molecule has 1 aromatic heterocycles. The van der Waals surface area contributed by atoms with Crippen LogP contribution >= 0.6 is 0 Å². The van der Waals surface area contributed by atoms with E-state index in [-0.39, 0.29) is 5.71 Å². The summed E-state index contributed by atoms with van der Waals surface area (Å²) in [4.78, 5) is 22.1. The summed E-state index contributed by atoms with van der Waals surface area (Å²) in [5.41, 5.74) is 0.321. The van der Waals surface area contributed by atoms with Crippen molar-refractivity contribution in [1.29, 1.82) is 0 Å². The molecule has 1 amide bonds. The van der Waals surface area contributed by atoms with Gasteiger partial charge in [-0.1, -0.05) is 0 Å². The summed E-state index contributed by atoms with van der Waals surface area (Å²) in [6, 6.07) is 0.657. The van der Waals surface area contributed by atoms with Crippen LogP contribution in [0.1, 0.15) is 19.0 Å². The molecule has 1 rings (SSSR count). The van der Waals surface area contributed by atoms with E-state index in [1.807, 2.05) is 5.43 Å². The maximum absolute atomic E-state index is 12.3. The summed E-state index contributed by atoms with van der Waals surface area (Å²) in [7, 11) is 0. The first-order valence-electron chi connectivity index (χ1n) is 5.92. The molecule has 12 heteroatoms. The highest BCUT2D eigenvalue weighted by molar-refractivity contribution is 6.03. The van der Waals surface area contributed by atoms with Gasteiger partial charge in [-0.3, -0.25) is 14.3 Å². The smallest absolute Gasteiger partial charge is 0.289 e. The number of ketones is 1. The lowest BCUT2D eigenvalue weighted by molar-refractivity contribution is -0.169. The number of carbonyl (C=O) groups is 2. The molecular formula is C11H10F6N4O2. The number of alkyl halides is 6. The second kappa shape index (κ2) is 6.79. The first-order valence-corrected chi connectivity index (χ1v) is 5.92. The molecule has 0 fully saturated rings. The molecule has 0 spiro atoms. The standard InChI is InChI=1S/C11H10F6N4O2/c1-6(4-8(22)11(15,16)17)18-19-9(23)5-21-3-2-7(20-21)10(12,13)14/h2-3H,4-5H2,1H3,(H,19,23)/b18-6+. The molecule has 1 heterocycles. The molecular weight excluding hydrogens is 334 g/mol. The Balaban J connectivity index is 2.55. The van der Waals surface area contributed by atoms with Crippen LogP contribution in [-0.4, -0.2) is 33.4 Å². The minimum absolute atomic E-state index is 0.308. The van der Waals surface area contributed by atoms with Gasteiger partial charge < -0.3 is 0 Å². The lowest BCUT2D eigenvalue weighted by Gasteiger charge is -2.05. The lowest BCUT2D eigenvalue weighted by atomic mass is 10.2. The van der Waals surface area contributed by atoms with E-state index < -0.39 is 42.7 Å².